The topological polar surface area (TPSA) is 66.5 Å². The zero-order valence-corrected chi connectivity index (χ0v) is 16.1. The first-order valence-electron chi connectivity index (χ1n) is 8.74. The summed E-state index contributed by atoms with van der Waals surface area (Å²) in [6, 6.07) is 21.3. The molecule has 0 spiro atoms. The molecule has 6 heteroatoms. The highest BCUT2D eigenvalue weighted by atomic mass is 32.2. The Labute approximate surface area is 159 Å². The second-order valence-electron chi connectivity index (χ2n) is 6.37. The number of carbonyl (C=O) groups is 1. The van der Waals surface area contributed by atoms with Gasteiger partial charge in [-0.25, -0.2) is 8.42 Å². The van der Waals surface area contributed by atoms with Crippen molar-refractivity contribution >= 4 is 38.1 Å². The number of carbonyl (C=O) groups excluding carboxylic acids is 1. The van der Waals surface area contributed by atoms with Crippen LogP contribution in [0.15, 0.2) is 72.8 Å². The molecule has 0 bridgehead atoms. The van der Waals surface area contributed by atoms with E-state index in [1.165, 1.54) is 4.31 Å². The van der Waals surface area contributed by atoms with Crippen molar-refractivity contribution < 1.29 is 13.2 Å². The maximum atomic E-state index is 12.9. The third-order valence-electron chi connectivity index (χ3n) is 4.36. The minimum atomic E-state index is -3.63. The molecule has 0 aliphatic carbocycles. The van der Waals surface area contributed by atoms with Crippen LogP contribution in [-0.4, -0.2) is 26.6 Å². The second kappa shape index (κ2) is 7.80. The summed E-state index contributed by atoms with van der Waals surface area (Å²) >= 11 is 0. The molecule has 1 atom stereocenters. The van der Waals surface area contributed by atoms with Gasteiger partial charge in [-0.1, -0.05) is 55.5 Å². The Balaban J connectivity index is 1.91. The van der Waals surface area contributed by atoms with E-state index in [1.807, 2.05) is 42.5 Å². The van der Waals surface area contributed by atoms with E-state index in [9.17, 15) is 13.2 Å². The second-order valence-corrected chi connectivity index (χ2v) is 8.23. The molecule has 1 N–H and O–H groups in total. The van der Waals surface area contributed by atoms with E-state index in [2.05, 4.69) is 5.32 Å². The molecule has 0 saturated carbocycles. The van der Waals surface area contributed by atoms with Crippen molar-refractivity contribution in [2.45, 2.75) is 19.4 Å². The van der Waals surface area contributed by atoms with Gasteiger partial charge in [0.25, 0.3) is 0 Å². The standard InChI is InChI=1S/C21H22N2O3S/c1-3-20(23(27(2,25)26)19-11-5-4-6-12-19)21(24)22-18-14-13-16-9-7-8-10-17(16)15-18/h4-15,20H,3H2,1-2H3,(H,22,24)/t20-/m1/s1. The number of amides is 1. The number of rotatable bonds is 6. The Bertz CT molecular complexity index is 1050. The van der Waals surface area contributed by atoms with E-state index in [-0.39, 0.29) is 5.91 Å². The van der Waals surface area contributed by atoms with Gasteiger partial charge in [-0.15, -0.1) is 0 Å². The number of nitrogens with one attached hydrogen (secondary N) is 1. The molecule has 5 nitrogen and oxygen atoms in total. The molecular formula is C21H22N2O3S. The lowest BCUT2D eigenvalue weighted by Gasteiger charge is -2.30. The Morgan fingerprint density at radius 3 is 2.22 bits per heavy atom. The molecule has 27 heavy (non-hydrogen) atoms. The van der Waals surface area contributed by atoms with E-state index < -0.39 is 16.1 Å². The van der Waals surface area contributed by atoms with Gasteiger partial charge in [0.2, 0.25) is 15.9 Å². The molecule has 1 amide bonds. The third kappa shape index (κ3) is 4.28. The average Bonchev–Trinajstić information content (AvgIpc) is 2.65. The molecule has 0 heterocycles. The Hall–Kier alpha value is -2.86. The predicted octanol–water partition coefficient (Wildman–Crippen LogP) is 4.02. The smallest absolute Gasteiger partial charge is 0.248 e. The first-order valence-corrected chi connectivity index (χ1v) is 10.6. The quantitative estimate of drug-likeness (QED) is 0.700. The predicted molar refractivity (Wildman–Crippen MR) is 110 cm³/mol. The molecule has 140 valence electrons. The highest BCUT2D eigenvalue weighted by molar-refractivity contribution is 7.92. The van der Waals surface area contributed by atoms with Gasteiger partial charge in [-0.2, -0.15) is 0 Å². The van der Waals surface area contributed by atoms with Crippen LogP contribution in [0, 0.1) is 0 Å². The molecule has 3 aromatic carbocycles. The monoisotopic (exact) mass is 382 g/mol. The number of sulfonamides is 1. The molecule has 0 radical (unpaired) electrons. The molecular weight excluding hydrogens is 360 g/mol. The molecule has 0 unspecified atom stereocenters. The van der Waals surface area contributed by atoms with Crippen molar-refractivity contribution in [1.29, 1.82) is 0 Å². The number of fused-ring (bicyclic) bond motifs is 1. The fourth-order valence-corrected chi connectivity index (χ4v) is 4.34. The Kier molecular flexibility index (Phi) is 5.46. The van der Waals surface area contributed by atoms with Crippen LogP contribution in [0.3, 0.4) is 0 Å². The largest absolute Gasteiger partial charge is 0.324 e. The van der Waals surface area contributed by atoms with Crippen LogP contribution in [0.1, 0.15) is 13.3 Å². The molecule has 0 saturated heterocycles. The number of para-hydroxylation sites is 1. The van der Waals surface area contributed by atoms with Gasteiger partial charge in [-0.05, 0) is 41.5 Å². The number of hydrogen-bond donors (Lipinski definition) is 1. The van der Waals surface area contributed by atoms with Crippen LogP contribution in [0.4, 0.5) is 11.4 Å². The molecule has 0 aromatic heterocycles. The zero-order valence-electron chi connectivity index (χ0n) is 15.3. The third-order valence-corrected chi connectivity index (χ3v) is 5.54. The molecule has 3 rings (SSSR count). The van der Waals surface area contributed by atoms with Gasteiger partial charge in [0, 0.05) is 5.69 Å². The lowest BCUT2D eigenvalue weighted by Crippen LogP contribution is -2.46. The minimum absolute atomic E-state index is 0.349. The van der Waals surface area contributed by atoms with Crippen LogP contribution >= 0.6 is 0 Å². The summed E-state index contributed by atoms with van der Waals surface area (Å²) in [5, 5.41) is 4.94. The molecule has 0 aliphatic heterocycles. The van der Waals surface area contributed by atoms with E-state index in [4.69, 9.17) is 0 Å². The van der Waals surface area contributed by atoms with Crippen LogP contribution < -0.4 is 9.62 Å². The van der Waals surface area contributed by atoms with Crippen molar-refractivity contribution in [3.8, 4) is 0 Å². The Morgan fingerprint density at radius 2 is 1.59 bits per heavy atom. The average molecular weight is 382 g/mol. The van der Waals surface area contributed by atoms with Gasteiger partial charge in [0.1, 0.15) is 6.04 Å². The van der Waals surface area contributed by atoms with Crippen molar-refractivity contribution in [3.05, 3.63) is 72.8 Å². The lowest BCUT2D eigenvalue weighted by atomic mass is 10.1. The van der Waals surface area contributed by atoms with E-state index >= 15 is 0 Å². The highest BCUT2D eigenvalue weighted by Crippen LogP contribution is 2.24. The minimum Gasteiger partial charge on any atom is -0.324 e. The van der Waals surface area contributed by atoms with Gasteiger partial charge in [0.15, 0.2) is 0 Å². The summed E-state index contributed by atoms with van der Waals surface area (Å²) in [5.74, 6) is -0.359. The van der Waals surface area contributed by atoms with Crippen molar-refractivity contribution in [3.63, 3.8) is 0 Å². The van der Waals surface area contributed by atoms with Crippen LogP contribution in [0.5, 0.6) is 0 Å². The summed E-state index contributed by atoms with van der Waals surface area (Å²) in [7, 11) is -3.63. The zero-order chi connectivity index (χ0) is 19.4. The molecule has 0 aliphatic rings. The summed E-state index contributed by atoms with van der Waals surface area (Å²) in [6.07, 6.45) is 1.47. The van der Waals surface area contributed by atoms with E-state index in [0.717, 1.165) is 17.0 Å². The fourth-order valence-electron chi connectivity index (χ4n) is 3.13. The van der Waals surface area contributed by atoms with Crippen LogP contribution in [-0.2, 0) is 14.8 Å². The fraction of sp³-hybridized carbons (Fsp3) is 0.190. The van der Waals surface area contributed by atoms with Gasteiger partial charge in [0.05, 0.1) is 11.9 Å². The maximum Gasteiger partial charge on any atom is 0.248 e. The van der Waals surface area contributed by atoms with Crippen LogP contribution in [0.2, 0.25) is 0 Å². The first kappa shape index (κ1) is 18.9. The summed E-state index contributed by atoms with van der Waals surface area (Å²) in [6.45, 7) is 1.80. The van der Waals surface area contributed by atoms with Crippen molar-refractivity contribution in [1.82, 2.24) is 0 Å². The van der Waals surface area contributed by atoms with E-state index in [1.54, 1.807) is 37.3 Å². The van der Waals surface area contributed by atoms with Crippen LogP contribution in [0.25, 0.3) is 10.8 Å². The summed E-state index contributed by atoms with van der Waals surface area (Å²) in [5.41, 5.74) is 1.11. The summed E-state index contributed by atoms with van der Waals surface area (Å²) < 4.78 is 26.0. The number of nitrogens with zero attached hydrogens (tertiary/aromatic N) is 1. The molecule has 3 aromatic rings. The van der Waals surface area contributed by atoms with Crippen molar-refractivity contribution in [2.75, 3.05) is 15.9 Å². The van der Waals surface area contributed by atoms with Gasteiger partial charge >= 0.3 is 0 Å². The Morgan fingerprint density at radius 1 is 0.963 bits per heavy atom. The van der Waals surface area contributed by atoms with Gasteiger partial charge in [-0.3, -0.25) is 9.10 Å². The van der Waals surface area contributed by atoms with Crippen molar-refractivity contribution in [2.24, 2.45) is 0 Å². The molecule has 0 fully saturated rings. The SMILES string of the molecule is CC[C@H](C(=O)Nc1ccc2ccccc2c1)N(c1ccccc1)S(C)(=O)=O. The van der Waals surface area contributed by atoms with Gasteiger partial charge < -0.3 is 5.32 Å². The highest BCUT2D eigenvalue weighted by Gasteiger charge is 2.31. The normalized spacial score (nSPS) is 12.5. The number of hydrogen-bond acceptors (Lipinski definition) is 3. The number of benzene rings is 3. The summed E-state index contributed by atoms with van der Waals surface area (Å²) in [4.78, 5) is 12.9. The maximum absolute atomic E-state index is 12.9. The van der Waals surface area contributed by atoms with E-state index in [0.29, 0.717) is 17.8 Å². The lowest BCUT2D eigenvalue weighted by molar-refractivity contribution is -0.117. The number of anilines is 2. The first-order chi connectivity index (χ1) is 12.9.